The van der Waals surface area contributed by atoms with E-state index in [1.54, 1.807) is 32.9 Å². The van der Waals surface area contributed by atoms with Crippen LogP contribution >= 0.6 is 0 Å². The molecule has 0 radical (unpaired) electrons. The van der Waals surface area contributed by atoms with Gasteiger partial charge in [0, 0.05) is 6.42 Å². The van der Waals surface area contributed by atoms with Crippen LogP contribution in [0.4, 0.5) is 4.79 Å². The molecule has 5 heteroatoms. The van der Waals surface area contributed by atoms with Gasteiger partial charge < -0.3 is 20.3 Å². The molecule has 1 amide bonds. The summed E-state index contributed by atoms with van der Waals surface area (Å²) in [6.07, 6.45) is -1.13. The summed E-state index contributed by atoms with van der Waals surface area (Å²) in [7, 11) is 0. The van der Waals surface area contributed by atoms with E-state index in [2.05, 4.69) is 5.32 Å². The van der Waals surface area contributed by atoms with E-state index < -0.39 is 23.8 Å². The van der Waals surface area contributed by atoms with E-state index in [0.717, 1.165) is 5.56 Å². The van der Waals surface area contributed by atoms with Crippen molar-refractivity contribution in [3.8, 4) is 0 Å². The number of rotatable bonds is 5. The maximum atomic E-state index is 11.6. The Morgan fingerprint density at radius 3 is 2.40 bits per heavy atom. The zero-order valence-electron chi connectivity index (χ0n) is 12.2. The highest BCUT2D eigenvalue weighted by Gasteiger charge is 2.21. The van der Waals surface area contributed by atoms with E-state index >= 15 is 0 Å². The van der Waals surface area contributed by atoms with E-state index in [-0.39, 0.29) is 13.0 Å². The number of hydrogen-bond donors (Lipinski definition) is 3. The summed E-state index contributed by atoms with van der Waals surface area (Å²) >= 11 is 0. The highest BCUT2D eigenvalue weighted by Crippen LogP contribution is 2.18. The first-order valence-corrected chi connectivity index (χ1v) is 6.65. The third-order valence-corrected chi connectivity index (χ3v) is 2.63. The van der Waals surface area contributed by atoms with Gasteiger partial charge in [-0.3, -0.25) is 0 Å². The van der Waals surface area contributed by atoms with Gasteiger partial charge in [0.05, 0.1) is 18.8 Å². The lowest BCUT2D eigenvalue weighted by Crippen LogP contribution is -2.41. The van der Waals surface area contributed by atoms with Crippen molar-refractivity contribution < 1.29 is 19.7 Å². The van der Waals surface area contributed by atoms with Crippen LogP contribution in [0.15, 0.2) is 30.3 Å². The fraction of sp³-hybridized carbons (Fsp3) is 0.533. The summed E-state index contributed by atoms with van der Waals surface area (Å²) < 4.78 is 5.11. The molecule has 0 saturated heterocycles. The lowest BCUT2D eigenvalue weighted by molar-refractivity contribution is 0.0450. The topological polar surface area (TPSA) is 78.8 Å². The zero-order chi connectivity index (χ0) is 15.2. The van der Waals surface area contributed by atoms with Gasteiger partial charge in [-0.15, -0.1) is 0 Å². The van der Waals surface area contributed by atoms with Gasteiger partial charge in [0.2, 0.25) is 0 Å². The van der Waals surface area contributed by atoms with Gasteiger partial charge in [-0.2, -0.15) is 0 Å². The number of carbonyl (C=O) groups excluding carboxylic acids is 1. The Hall–Kier alpha value is -1.59. The average molecular weight is 281 g/mol. The zero-order valence-corrected chi connectivity index (χ0v) is 12.2. The van der Waals surface area contributed by atoms with Gasteiger partial charge in [0.1, 0.15) is 5.60 Å². The highest BCUT2D eigenvalue weighted by atomic mass is 16.6. The molecule has 1 rings (SSSR count). The Balaban J connectivity index is 2.53. The van der Waals surface area contributed by atoms with Gasteiger partial charge >= 0.3 is 6.09 Å². The minimum atomic E-state index is -0.747. The van der Waals surface area contributed by atoms with Crippen LogP contribution in [0.1, 0.15) is 38.9 Å². The normalized spacial score (nSPS) is 14.4. The molecule has 0 aliphatic carbocycles. The summed E-state index contributed by atoms with van der Waals surface area (Å²) in [6.45, 7) is 5.03. The molecule has 3 N–H and O–H groups in total. The monoisotopic (exact) mass is 281 g/mol. The van der Waals surface area contributed by atoms with Gasteiger partial charge in [-0.1, -0.05) is 30.3 Å². The Kier molecular flexibility index (Phi) is 5.98. The minimum absolute atomic E-state index is 0.222. The van der Waals surface area contributed by atoms with E-state index in [0.29, 0.717) is 0 Å². The molecule has 1 aromatic rings. The molecule has 112 valence electrons. The summed E-state index contributed by atoms with van der Waals surface area (Å²) in [5, 5.41) is 21.9. The number of alkyl carbamates (subject to hydrolysis) is 1. The molecule has 0 bridgehead atoms. The minimum Gasteiger partial charge on any atom is -0.444 e. The molecular formula is C15H23NO4. The lowest BCUT2D eigenvalue weighted by atomic mass is 10.0. The molecule has 2 atom stereocenters. The van der Waals surface area contributed by atoms with Gasteiger partial charge in [-0.25, -0.2) is 4.79 Å². The Bertz CT molecular complexity index is 414. The summed E-state index contributed by atoms with van der Waals surface area (Å²) in [5.74, 6) is 0. The lowest BCUT2D eigenvalue weighted by Gasteiger charge is -2.24. The average Bonchev–Trinajstić information content (AvgIpc) is 2.36. The van der Waals surface area contributed by atoms with E-state index in [9.17, 15) is 15.0 Å². The van der Waals surface area contributed by atoms with Crippen molar-refractivity contribution in [1.29, 1.82) is 0 Å². The second-order valence-corrected chi connectivity index (χ2v) is 5.69. The molecule has 1 aromatic carbocycles. The molecule has 2 unspecified atom stereocenters. The van der Waals surface area contributed by atoms with Crippen LogP contribution in [-0.4, -0.2) is 34.6 Å². The second kappa shape index (κ2) is 7.26. The number of benzene rings is 1. The first-order valence-electron chi connectivity index (χ1n) is 6.65. The quantitative estimate of drug-likeness (QED) is 0.771. The maximum Gasteiger partial charge on any atom is 0.407 e. The largest absolute Gasteiger partial charge is 0.444 e. The van der Waals surface area contributed by atoms with Crippen molar-refractivity contribution in [2.24, 2.45) is 0 Å². The number of aliphatic hydroxyl groups is 2. The van der Waals surface area contributed by atoms with Crippen molar-refractivity contribution in [2.75, 3.05) is 6.61 Å². The summed E-state index contributed by atoms with van der Waals surface area (Å²) in [6, 6.07) is 8.56. The molecule has 0 aliphatic rings. The highest BCUT2D eigenvalue weighted by molar-refractivity contribution is 5.68. The van der Waals surface area contributed by atoms with Crippen molar-refractivity contribution in [2.45, 2.75) is 44.9 Å². The number of ether oxygens (including phenoxy) is 1. The first-order chi connectivity index (χ1) is 9.31. The Labute approximate surface area is 119 Å². The number of nitrogens with one attached hydrogen (secondary N) is 1. The second-order valence-electron chi connectivity index (χ2n) is 5.69. The Morgan fingerprint density at radius 2 is 1.90 bits per heavy atom. The third-order valence-electron chi connectivity index (χ3n) is 2.63. The molecule has 0 fully saturated rings. The number of hydrogen-bond acceptors (Lipinski definition) is 4. The van der Waals surface area contributed by atoms with Crippen LogP contribution in [0.25, 0.3) is 0 Å². The molecule has 5 nitrogen and oxygen atoms in total. The molecule has 0 heterocycles. The smallest absolute Gasteiger partial charge is 0.407 e. The van der Waals surface area contributed by atoms with Crippen LogP contribution < -0.4 is 5.32 Å². The number of amides is 1. The van der Waals surface area contributed by atoms with Crippen molar-refractivity contribution in [3.05, 3.63) is 35.9 Å². The Morgan fingerprint density at radius 1 is 1.30 bits per heavy atom. The standard InChI is InChI=1S/C15H23NO4/c1-15(2,3)20-14(19)16-12(10-17)9-13(18)11-7-5-4-6-8-11/h4-8,12-13,17-18H,9-10H2,1-3H3,(H,16,19). The fourth-order valence-electron chi connectivity index (χ4n) is 1.73. The van der Waals surface area contributed by atoms with Crippen LogP contribution in [0.2, 0.25) is 0 Å². The van der Waals surface area contributed by atoms with Gasteiger partial charge in [-0.05, 0) is 26.3 Å². The maximum absolute atomic E-state index is 11.6. The molecule has 0 spiro atoms. The van der Waals surface area contributed by atoms with Crippen LogP contribution in [0, 0.1) is 0 Å². The molecule has 0 aliphatic heterocycles. The van der Waals surface area contributed by atoms with Gasteiger partial charge in [0.25, 0.3) is 0 Å². The van der Waals surface area contributed by atoms with Crippen molar-refractivity contribution >= 4 is 6.09 Å². The number of carbonyl (C=O) groups is 1. The summed E-state index contributed by atoms with van der Waals surface area (Å²) in [5.41, 5.74) is 0.152. The molecule has 0 aromatic heterocycles. The molecule has 20 heavy (non-hydrogen) atoms. The predicted molar refractivity (Wildman–Crippen MR) is 76.3 cm³/mol. The van der Waals surface area contributed by atoms with E-state index in [1.165, 1.54) is 0 Å². The van der Waals surface area contributed by atoms with Crippen molar-refractivity contribution in [3.63, 3.8) is 0 Å². The van der Waals surface area contributed by atoms with Crippen LogP contribution in [0.5, 0.6) is 0 Å². The van der Waals surface area contributed by atoms with E-state index in [1.807, 2.05) is 18.2 Å². The SMILES string of the molecule is CC(C)(C)OC(=O)NC(CO)CC(O)c1ccccc1. The van der Waals surface area contributed by atoms with Crippen molar-refractivity contribution in [1.82, 2.24) is 5.32 Å². The van der Waals surface area contributed by atoms with Crippen LogP contribution in [0.3, 0.4) is 0 Å². The summed E-state index contributed by atoms with van der Waals surface area (Å²) in [4.78, 5) is 11.6. The number of aliphatic hydroxyl groups excluding tert-OH is 2. The van der Waals surface area contributed by atoms with Gasteiger partial charge in [0.15, 0.2) is 0 Å². The fourth-order valence-corrected chi connectivity index (χ4v) is 1.73. The predicted octanol–water partition coefficient (Wildman–Crippen LogP) is 2.00. The molecular weight excluding hydrogens is 258 g/mol. The third kappa shape index (κ3) is 6.04. The van der Waals surface area contributed by atoms with E-state index in [4.69, 9.17) is 4.74 Å². The first kappa shape index (κ1) is 16.5. The molecule has 0 saturated carbocycles. The van der Waals surface area contributed by atoms with Crippen LogP contribution in [-0.2, 0) is 4.74 Å².